The van der Waals surface area contributed by atoms with Crippen molar-refractivity contribution in [2.24, 2.45) is 5.92 Å². The molecule has 0 N–H and O–H groups in total. The third-order valence-electron chi connectivity index (χ3n) is 3.67. The zero-order chi connectivity index (χ0) is 14.6. The molecule has 5 heteroatoms. The smallest absolute Gasteiger partial charge is 0.137 e. The Bertz CT molecular complexity index is 583. The van der Waals surface area contributed by atoms with Crippen LogP contribution in [0.1, 0.15) is 19.4 Å². The zero-order valence-corrected chi connectivity index (χ0v) is 11.9. The van der Waals surface area contributed by atoms with E-state index in [4.69, 9.17) is 4.74 Å². The van der Waals surface area contributed by atoms with Crippen LogP contribution in [-0.4, -0.2) is 21.9 Å². The van der Waals surface area contributed by atoms with Gasteiger partial charge in [0.15, 0.2) is 0 Å². The van der Waals surface area contributed by atoms with Crippen LogP contribution in [0.3, 0.4) is 0 Å². The van der Waals surface area contributed by atoms with E-state index in [0.717, 1.165) is 11.3 Å². The lowest BCUT2D eigenvalue weighted by Gasteiger charge is -2.31. The Hall–Kier alpha value is -2.35. The summed E-state index contributed by atoms with van der Waals surface area (Å²) < 4.78 is 6.87. The minimum atomic E-state index is -0.639. The molecule has 2 aromatic rings. The van der Waals surface area contributed by atoms with Gasteiger partial charge in [-0.3, -0.25) is 4.68 Å². The molecule has 0 spiro atoms. The maximum Gasteiger partial charge on any atom is 0.137 e. The number of benzene rings is 1. The lowest BCUT2D eigenvalue weighted by molar-refractivity contribution is 0.327. The number of methoxy groups -OCH3 is 1. The van der Waals surface area contributed by atoms with Crippen LogP contribution in [0.4, 0.5) is 0 Å². The molecule has 1 aromatic heterocycles. The molecular formula is C15H18N4O. The number of hydrogen-bond donors (Lipinski definition) is 0. The second-order valence-corrected chi connectivity index (χ2v) is 5.06. The van der Waals surface area contributed by atoms with Crippen molar-refractivity contribution in [2.75, 3.05) is 7.11 Å². The van der Waals surface area contributed by atoms with Gasteiger partial charge in [0.05, 0.1) is 19.7 Å². The molecule has 0 amide bonds. The molecule has 0 saturated carbocycles. The van der Waals surface area contributed by atoms with Gasteiger partial charge >= 0.3 is 0 Å². The van der Waals surface area contributed by atoms with Gasteiger partial charge < -0.3 is 4.74 Å². The summed E-state index contributed by atoms with van der Waals surface area (Å²) in [6, 6.07) is 10.1. The minimum Gasteiger partial charge on any atom is -0.497 e. The van der Waals surface area contributed by atoms with Gasteiger partial charge in [0, 0.05) is 0 Å². The van der Waals surface area contributed by atoms with Gasteiger partial charge in [-0.25, -0.2) is 4.98 Å². The van der Waals surface area contributed by atoms with Gasteiger partial charge in [0.25, 0.3) is 0 Å². The molecule has 0 aliphatic heterocycles. The lowest BCUT2D eigenvalue weighted by atomic mass is 9.73. The van der Waals surface area contributed by atoms with Crippen LogP contribution in [0.5, 0.6) is 5.75 Å². The monoisotopic (exact) mass is 270 g/mol. The summed E-state index contributed by atoms with van der Waals surface area (Å²) in [5, 5.41) is 13.9. The van der Waals surface area contributed by atoms with Crippen LogP contribution in [0.25, 0.3) is 0 Å². The summed E-state index contributed by atoms with van der Waals surface area (Å²) in [5.41, 5.74) is 0.325. The summed E-state index contributed by atoms with van der Waals surface area (Å²) in [5.74, 6) is 0.926. The highest BCUT2D eigenvalue weighted by molar-refractivity contribution is 5.37. The average Bonchev–Trinajstić information content (AvgIpc) is 2.97. The Kier molecular flexibility index (Phi) is 4.04. The molecule has 0 aliphatic carbocycles. The number of hydrogen-bond acceptors (Lipinski definition) is 4. The molecule has 0 bridgehead atoms. The fourth-order valence-corrected chi connectivity index (χ4v) is 2.29. The fraction of sp³-hybridized carbons (Fsp3) is 0.400. The van der Waals surface area contributed by atoms with E-state index in [2.05, 4.69) is 16.2 Å². The maximum atomic E-state index is 9.78. The van der Waals surface area contributed by atoms with E-state index in [0.29, 0.717) is 6.54 Å². The highest BCUT2D eigenvalue weighted by Crippen LogP contribution is 2.34. The average molecular weight is 270 g/mol. The molecule has 20 heavy (non-hydrogen) atoms. The molecule has 2 rings (SSSR count). The normalized spacial score (nSPS) is 13.8. The van der Waals surface area contributed by atoms with Crippen LogP contribution in [-0.2, 0) is 12.0 Å². The van der Waals surface area contributed by atoms with Crippen LogP contribution in [0, 0.1) is 17.2 Å². The van der Waals surface area contributed by atoms with E-state index in [1.165, 1.54) is 6.33 Å². The molecule has 1 unspecified atom stereocenters. The van der Waals surface area contributed by atoms with Crippen LogP contribution in [0.15, 0.2) is 36.9 Å². The lowest BCUT2D eigenvalue weighted by Crippen LogP contribution is -2.36. The van der Waals surface area contributed by atoms with Gasteiger partial charge in [-0.1, -0.05) is 26.0 Å². The van der Waals surface area contributed by atoms with Gasteiger partial charge in [-0.05, 0) is 23.6 Å². The number of nitrogens with zero attached hydrogens (tertiary/aromatic N) is 4. The van der Waals surface area contributed by atoms with Crippen molar-refractivity contribution in [3.05, 3.63) is 42.5 Å². The van der Waals surface area contributed by atoms with Crippen molar-refractivity contribution in [1.29, 1.82) is 5.26 Å². The van der Waals surface area contributed by atoms with E-state index in [-0.39, 0.29) is 5.92 Å². The quantitative estimate of drug-likeness (QED) is 0.837. The van der Waals surface area contributed by atoms with Crippen LogP contribution in [0.2, 0.25) is 0 Å². The predicted octanol–water partition coefficient (Wildman–Crippen LogP) is 2.40. The van der Waals surface area contributed by atoms with E-state index in [9.17, 15) is 5.26 Å². The molecule has 0 aliphatic rings. The number of aromatic nitrogens is 3. The second-order valence-electron chi connectivity index (χ2n) is 5.06. The highest BCUT2D eigenvalue weighted by atomic mass is 16.5. The Morgan fingerprint density at radius 2 is 2.05 bits per heavy atom. The van der Waals surface area contributed by atoms with Gasteiger partial charge in [0.2, 0.25) is 0 Å². The zero-order valence-electron chi connectivity index (χ0n) is 11.9. The SMILES string of the molecule is COc1ccc(C(C#N)(Cn2cncn2)C(C)C)cc1. The van der Waals surface area contributed by atoms with Crippen molar-refractivity contribution in [2.45, 2.75) is 25.8 Å². The Labute approximate surface area is 118 Å². The summed E-state index contributed by atoms with van der Waals surface area (Å²) in [4.78, 5) is 3.94. The largest absolute Gasteiger partial charge is 0.497 e. The molecule has 0 fully saturated rings. The molecular weight excluding hydrogens is 252 g/mol. The van der Waals surface area contributed by atoms with Crippen molar-refractivity contribution in [3.8, 4) is 11.8 Å². The van der Waals surface area contributed by atoms with E-state index >= 15 is 0 Å². The van der Waals surface area contributed by atoms with Gasteiger partial charge in [-0.15, -0.1) is 0 Å². The number of ether oxygens (including phenoxy) is 1. The first-order chi connectivity index (χ1) is 9.62. The first kappa shape index (κ1) is 14.1. The topological polar surface area (TPSA) is 63.7 Å². The number of rotatable bonds is 5. The Balaban J connectivity index is 2.42. The summed E-state index contributed by atoms with van der Waals surface area (Å²) in [6.45, 7) is 4.57. The van der Waals surface area contributed by atoms with Crippen molar-refractivity contribution < 1.29 is 4.74 Å². The molecule has 0 saturated heterocycles. The molecule has 1 heterocycles. The van der Waals surface area contributed by atoms with E-state index in [1.807, 2.05) is 38.1 Å². The third-order valence-corrected chi connectivity index (χ3v) is 3.67. The van der Waals surface area contributed by atoms with Gasteiger partial charge in [0.1, 0.15) is 23.8 Å². The van der Waals surface area contributed by atoms with Crippen LogP contribution < -0.4 is 4.74 Å². The Morgan fingerprint density at radius 3 is 2.50 bits per heavy atom. The highest BCUT2D eigenvalue weighted by Gasteiger charge is 2.37. The fourth-order valence-electron chi connectivity index (χ4n) is 2.29. The summed E-state index contributed by atoms with van der Waals surface area (Å²) in [7, 11) is 1.63. The van der Waals surface area contributed by atoms with Crippen molar-refractivity contribution in [1.82, 2.24) is 14.8 Å². The summed E-state index contributed by atoms with van der Waals surface area (Å²) in [6.07, 6.45) is 3.12. The molecule has 104 valence electrons. The maximum absolute atomic E-state index is 9.78. The van der Waals surface area contributed by atoms with Crippen molar-refractivity contribution in [3.63, 3.8) is 0 Å². The van der Waals surface area contributed by atoms with Crippen LogP contribution >= 0.6 is 0 Å². The first-order valence-corrected chi connectivity index (χ1v) is 6.50. The third kappa shape index (κ3) is 2.50. The molecule has 1 aromatic carbocycles. The van der Waals surface area contributed by atoms with Crippen molar-refractivity contribution >= 4 is 0 Å². The minimum absolute atomic E-state index is 0.144. The standard InChI is InChI=1S/C15H18N4O/c1-12(2)15(8-16,9-19-11-17-10-18-19)13-4-6-14(20-3)7-5-13/h4-7,10-12H,9H2,1-3H3. The van der Waals surface area contributed by atoms with E-state index in [1.54, 1.807) is 18.1 Å². The second kappa shape index (κ2) is 5.74. The molecule has 5 nitrogen and oxygen atoms in total. The first-order valence-electron chi connectivity index (χ1n) is 6.50. The Morgan fingerprint density at radius 1 is 1.35 bits per heavy atom. The molecule has 0 radical (unpaired) electrons. The number of nitriles is 1. The summed E-state index contributed by atoms with van der Waals surface area (Å²) >= 11 is 0. The molecule has 1 atom stereocenters. The predicted molar refractivity (Wildman–Crippen MR) is 75.1 cm³/mol. The van der Waals surface area contributed by atoms with E-state index < -0.39 is 5.41 Å². The van der Waals surface area contributed by atoms with Gasteiger partial charge in [-0.2, -0.15) is 10.4 Å².